The first-order valence-corrected chi connectivity index (χ1v) is 8.56. The smallest absolute Gasteiger partial charge is 0.0525 e. The molecule has 4 heteroatoms. The van der Waals surface area contributed by atoms with Crippen LogP contribution in [0.3, 0.4) is 0 Å². The molecule has 1 aromatic carbocycles. The second-order valence-corrected chi connectivity index (χ2v) is 7.06. The van der Waals surface area contributed by atoms with E-state index in [1.165, 1.54) is 16.1 Å². The van der Waals surface area contributed by atoms with Crippen molar-refractivity contribution in [3.8, 4) is 0 Å². The summed E-state index contributed by atoms with van der Waals surface area (Å²) < 4.78 is 1.12. The topological polar surface area (TPSA) is 29.3 Å². The lowest BCUT2D eigenvalue weighted by Gasteiger charge is -2.31. The molecule has 0 saturated carbocycles. The summed E-state index contributed by atoms with van der Waals surface area (Å²) in [4.78, 5) is 3.84. The molecule has 2 aromatic rings. The van der Waals surface area contributed by atoms with Crippen LogP contribution >= 0.6 is 27.3 Å². The van der Waals surface area contributed by atoms with Gasteiger partial charge >= 0.3 is 0 Å². The number of thiophene rings is 1. The number of rotatable bonds is 6. The van der Waals surface area contributed by atoms with E-state index in [2.05, 4.69) is 70.4 Å². The first kappa shape index (κ1) is 15.5. The van der Waals surface area contributed by atoms with Crippen molar-refractivity contribution < 1.29 is 0 Å². The van der Waals surface area contributed by atoms with Crippen LogP contribution < -0.4 is 10.6 Å². The first-order chi connectivity index (χ1) is 9.61. The van der Waals surface area contributed by atoms with Gasteiger partial charge in [0.1, 0.15) is 0 Å². The van der Waals surface area contributed by atoms with Gasteiger partial charge in [0.15, 0.2) is 0 Å². The Bertz CT molecular complexity index is 537. The molecule has 20 heavy (non-hydrogen) atoms. The fourth-order valence-electron chi connectivity index (χ4n) is 2.31. The van der Waals surface area contributed by atoms with Crippen LogP contribution in [0.2, 0.25) is 0 Å². The zero-order chi connectivity index (χ0) is 14.5. The molecule has 0 aliphatic rings. The quantitative estimate of drug-likeness (QED) is 0.833. The summed E-state index contributed by atoms with van der Waals surface area (Å²) in [7, 11) is 0. The Kier molecular flexibility index (Phi) is 5.64. The minimum atomic E-state index is 0.454. The zero-order valence-corrected chi connectivity index (χ0v) is 14.4. The summed E-state index contributed by atoms with van der Waals surface area (Å²) in [5, 5.41) is 2.14. The summed E-state index contributed by atoms with van der Waals surface area (Å²) in [6.45, 7) is 6.10. The van der Waals surface area contributed by atoms with Crippen LogP contribution in [0.4, 0.5) is 5.69 Å². The molecule has 0 fully saturated rings. The molecule has 0 radical (unpaired) electrons. The Morgan fingerprint density at radius 1 is 1.30 bits per heavy atom. The standard InChI is InChI=1S/C16H21BrN2S/c1-12(2)19(11-15-4-3-9-20-15)16-6-5-14(17)10-13(16)7-8-18/h3-6,9-10,12H,7-8,11,18H2,1-2H3. The SMILES string of the molecule is CC(C)N(Cc1cccs1)c1ccc(Br)cc1CCN. The molecule has 0 unspecified atom stereocenters. The van der Waals surface area contributed by atoms with Crippen molar-refractivity contribution in [3.05, 3.63) is 50.6 Å². The highest BCUT2D eigenvalue weighted by molar-refractivity contribution is 9.10. The molecular weight excluding hydrogens is 332 g/mol. The van der Waals surface area contributed by atoms with Gasteiger partial charge in [0, 0.05) is 21.1 Å². The van der Waals surface area contributed by atoms with E-state index < -0.39 is 0 Å². The maximum Gasteiger partial charge on any atom is 0.0525 e. The van der Waals surface area contributed by atoms with E-state index in [0.29, 0.717) is 12.6 Å². The Morgan fingerprint density at radius 2 is 2.10 bits per heavy atom. The molecule has 1 heterocycles. The van der Waals surface area contributed by atoms with Crippen LogP contribution in [0.5, 0.6) is 0 Å². The summed E-state index contributed by atoms with van der Waals surface area (Å²) in [6.07, 6.45) is 0.905. The number of nitrogens with two attached hydrogens (primary N) is 1. The molecule has 0 amide bonds. The fraction of sp³-hybridized carbons (Fsp3) is 0.375. The lowest BCUT2D eigenvalue weighted by molar-refractivity contribution is 0.682. The molecule has 0 atom stereocenters. The molecular formula is C16H21BrN2S. The van der Waals surface area contributed by atoms with Crippen LogP contribution in [-0.4, -0.2) is 12.6 Å². The number of anilines is 1. The van der Waals surface area contributed by atoms with Gasteiger partial charge in [0.2, 0.25) is 0 Å². The van der Waals surface area contributed by atoms with Crippen molar-refractivity contribution in [2.24, 2.45) is 5.73 Å². The maximum absolute atomic E-state index is 5.76. The number of halogens is 1. The molecule has 2 nitrogen and oxygen atoms in total. The van der Waals surface area contributed by atoms with Crippen molar-refractivity contribution >= 4 is 33.0 Å². The predicted molar refractivity (Wildman–Crippen MR) is 92.5 cm³/mol. The first-order valence-electron chi connectivity index (χ1n) is 6.89. The van der Waals surface area contributed by atoms with E-state index in [9.17, 15) is 0 Å². The van der Waals surface area contributed by atoms with Crippen LogP contribution in [0.25, 0.3) is 0 Å². The van der Waals surface area contributed by atoms with Crippen molar-refractivity contribution in [3.63, 3.8) is 0 Å². The predicted octanol–water partition coefficient (Wildman–Crippen LogP) is 4.43. The number of hydrogen-bond donors (Lipinski definition) is 1. The summed E-state index contributed by atoms with van der Waals surface area (Å²) in [5.74, 6) is 0. The van der Waals surface area contributed by atoms with Crippen LogP contribution in [0.15, 0.2) is 40.2 Å². The molecule has 2 rings (SSSR count). The van der Waals surface area contributed by atoms with Gasteiger partial charge in [-0.05, 0) is 62.0 Å². The second kappa shape index (κ2) is 7.25. The minimum Gasteiger partial charge on any atom is -0.364 e. The molecule has 2 N–H and O–H groups in total. The van der Waals surface area contributed by atoms with Gasteiger partial charge < -0.3 is 10.6 Å². The highest BCUT2D eigenvalue weighted by Gasteiger charge is 2.15. The van der Waals surface area contributed by atoms with Crippen LogP contribution in [-0.2, 0) is 13.0 Å². The number of nitrogens with zero attached hydrogens (tertiary/aromatic N) is 1. The van der Waals surface area contributed by atoms with E-state index in [4.69, 9.17) is 5.73 Å². The van der Waals surface area contributed by atoms with Crippen molar-refractivity contribution in [1.82, 2.24) is 0 Å². The van der Waals surface area contributed by atoms with E-state index in [0.717, 1.165) is 17.4 Å². The Morgan fingerprint density at radius 3 is 2.70 bits per heavy atom. The van der Waals surface area contributed by atoms with Gasteiger partial charge in [-0.2, -0.15) is 0 Å². The minimum absolute atomic E-state index is 0.454. The van der Waals surface area contributed by atoms with Gasteiger partial charge in [0.05, 0.1) is 6.54 Å². The average Bonchev–Trinajstić information content (AvgIpc) is 2.90. The normalized spacial score (nSPS) is 11.1. The summed E-state index contributed by atoms with van der Waals surface area (Å²) >= 11 is 5.37. The lowest BCUT2D eigenvalue weighted by Crippen LogP contribution is -2.31. The highest BCUT2D eigenvalue weighted by Crippen LogP contribution is 2.28. The van der Waals surface area contributed by atoms with E-state index in [1.807, 2.05) is 11.3 Å². The van der Waals surface area contributed by atoms with Gasteiger partial charge in [-0.3, -0.25) is 0 Å². The molecule has 108 valence electrons. The van der Waals surface area contributed by atoms with Gasteiger partial charge in [-0.1, -0.05) is 22.0 Å². The van der Waals surface area contributed by atoms with Crippen molar-refractivity contribution in [1.29, 1.82) is 0 Å². The molecule has 0 aliphatic heterocycles. The number of benzene rings is 1. The monoisotopic (exact) mass is 352 g/mol. The third-order valence-corrected chi connectivity index (χ3v) is 4.65. The lowest BCUT2D eigenvalue weighted by atomic mass is 10.1. The van der Waals surface area contributed by atoms with Crippen LogP contribution in [0.1, 0.15) is 24.3 Å². The Labute approximate surface area is 133 Å². The average molecular weight is 353 g/mol. The molecule has 0 aliphatic carbocycles. The Hall–Kier alpha value is -0.840. The van der Waals surface area contributed by atoms with Gasteiger partial charge in [-0.25, -0.2) is 0 Å². The second-order valence-electron chi connectivity index (χ2n) is 5.11. The van der Waals surface area contributed by atoms with E-state index >= 15 is 0 Å². The maximum atomic E-state index is 5.76. The third-order valence-electron chi connectivity index (χ3n) is 3.29. The van der Waals surface area contributed by atoms with Gasteiger partial charge in [0.25, 0.3) is 0 Å². The van der Waals surface area contributed by atoms with Crippen molar-refractivity contribution in [2.45, 2.75) is 32.9 Å². The third kappa shape index (κ3) is 3.84. The largest absolute Gasteiger partial charge is 0.364 e. The molecule has 0 spiro atoms. The summed E-state index contributed by atoms with van der Waals surface area (Å²) in [5.41, 5.74) is 8.37. The number of hydrogen-bond acceptors (Lipinski definition) is 3. The summed E-state index contributed by atoms with van der Waals surface area (Å²) in [6, 6.07) is 11.3. The molecule has 1 aromatic heterocycles. The van der Waals surface area contributed by atoms with Gasteiger partial charge in [-0.15, -0.1) is 11.3 Å². The zero-order valence-electron chi connectivity index (χ0n) is 12.0. The van der Waals surface area contributed by atoms with E-state index in [1.54, 1.807) is 0 Å². The fourth-order valence-corrected chi connectivity index (χ4v) is 3.42. The Balaban J connectivity index is 2.33. The van der Waals surface area contributed by atoms with E-state index in [-0.39, 0.29) is 0 Å². The van der Waals surface area contributed by atoms with Crippen LogP contribution in [0, 0.1) is 0 Å². The van der Waals surface area contributed by atoms with Crippen molar-refractivity contribution in [2.75, 3.05) is 11.4 Å². The highest BCUT2D eigenvalue weighted by atomic mass is 79.9. The molecule has 0 bridgehead atoms. The molecule has 0 saturated heterocycles.